The lowest BCUT2D eigenvalue weighted by atomic mass is 9.97. The third-order valence-corrected chi connectivity index (χ3v) is 4.06. The number of rotatable bonds is 2. The van der Waals surface area contributed by atoms with E-state index in [-0.39, 0.29) is 11.2 Å². The summed E-state index contributed by atoms with van der Waals surface area (Å²) in [5, 5.41) is 4.14. The maximum absolute atomic E-state index is 6.29. The molecule has 1 atom stereocenters. The number of halogens is 2. The second-order valence-electron chi connectivity index (χ2n) is 4.57. The molecule has 0 amide bonds. The van der Waals surface area contributed by atoms with Crippen LogP contribution in [0.5, 0.6) is 0 Å². The Labute approximate surface area is 122 Å². The zero-order chi connectivity index (χ0) is 13.4. The maximum atomic E-state index is 6.29. The number of nitrogens with zero attached hydrogens (tertiary/aromatic N) is 2. The molecule has 1 aromatic carbocycles. The van der Waals surface area contributed by atoms with Gasteiger partial charge in [-0.15, -0.1) is 0 Å². The summed E-state index contributed by atoms with van der Waals surface area (Å²) in [6.45, 7) is 0. The maximum Gasteiger partial charge on any atom is 0.224 e. The Morgan fingerprint density at radius 2 is 2.00 bits per heavy atom. The van der Waals surface area contributed by atoms with Gasteiger partial charge in [0.05, 0.1) is 5.69 Å². The van der Waals surface area contributed by atoms with Crippen LogP contribution in [0, 0.1) is 0 Å². The number of anilines is 1. The molecule has 1 aliphatic carbocycles. The standard InChI is InChI=1S/C14H13Cl2N3/c1-17-13-10-7-6-9(12(10)18-14(16)19-13)8-4-2-3-5-11(8)15/h2-5,9H,6-7H2,1H3,(H,17,18,19). The van der Waals surface area contributed by atoms with Crippen LogP contribution in [-0.4, -0.2) is 17.0 Å². The summed E-state index contributed by atoms with van der Waals surface area (Å²) in [4.78, 5) is 8.64. The molecule has 98 valence electrons. The molecule has 2 aromatic rings. The van der Waals surface area contributed by atoms with Gasteiger partial charge in [0.2, 0.25) is 5.28 Å². The molecule has 5 heteroatoms. The number of benzene rings is 1. The van der Waals surface area contributed by atoms with E-state index in [4.69, 9.17) is 23.2 Å². The van der Waals surface area contributed by atoms with Crippen molar-refractivity contribution in [2.24, 2.45) is 0 Å². The summed E-state index contributed by atoms with van der Waals surface area (Å²) >= 11 is 12.3. The lowest BCUT2D eigenvalue weighted by Crippen LogP contribution is -2.04. The molecule has 19 heavy (non-hydrogen) atoms. The van der Waals surface area contributed by atoms with Gasteiger partial charge in [-0.2, -0.15) is 0 Å². The van der Waals surface area contributed by atoms with Gasteiger partial charge in [-0.3, -0.25) is 0 Å². The zero-order valence-electron chi connectivity index (χ0n) is 10.5. The van der Waals surface area contributed by atoms with Crippen LogP contribution >= 0.6 is 23.2 Å². The molecule has 1 unspecified atom stereocenters. The van der Waals surface area contributed by atoms with Crippen molar-refractivity contribution < 1.29 is 0 Å². The third kappa shape index (κ3) is 2.17. The van der Waals surface area contributed by atoms with E-state index in [0.717, 1.165) is 40.5 Å². The monoisotopic (exact) mass is 293 g/mol. The van der Waals surface area contributed by atoms with Crippen molar-refractivity contribution in [3.63, 3.8) is 0 Å². The molecule has 3 nitrogen and oxygen atoms in total. The van der Waals surface area contributed by atoms with E-state index in [9.17, 15) is 0 Å². The second kappa shape index (κ2) is 4.99. The van der Waals surface area contributed by atoms with Crippen LogP contribution in [0.4, 0.5) is 5.82 Å². The highest BCUT2D eigenvalue weighted by molar-refractivity contribution is 6.31. The summed E-state index contributed by atoms with van der Waals surface area (Å²) in [6, 6.07) is 7.91. The fraction of sp³-hybridized carbons (Fsp3) is 0.286. The molecule has 0 fully saturated rings. The van der Waals surface area contributed by atoms with Gasteiger partial charge in [-0.05, 0) is 36.1 Å². The van der Waals surface area contributed by atoms with Crippen LogP contribution in [0.3, 0.4) is 0 Å². The number of nitrogens with one attached hydrogen (secondary N) is 1. The van der Waals surface area contributed by atoms with Gasteiger partial charge in [-0.1, -0.05) is 29.8 Å². The summed E-state index contributed by atoms with van der Waals surface area (Å²) < 4.78 is 0. The number of aromatic nitrogens is 2. The SMILES string of the molecule is CNc1nc(Cl)nc2c1CCC2c1ccccc1Cl. The Morgan fingerprint density at radius 1 is 1.21 bits per heavy atom. The Balaban J connectivity index is 2.12. The second-order valence-corrected chi connectivity index (χ2v) is 5.31. The first-order valence-corrected chi connectivity index (χ1v) is 6.94. The predicted molar refractivity (Wildman–Crippen MR) is 78.2 cm³/mol. The van der Waals surface area contributed by atoms with Gasteiger partial charge in [0, 0.05) is 23.6 Å². The first-order chi connectivity index (χ1) is 9.20. The van der Waals surface area contributed by atoms with Crippen molar-refractivity contribution in [2.75, 3.05) is 12.4 Å². The smallest absolute Gasteiger partial charge is 0.224 e. The normalized spacial score (nSPS) is 17.3. The molecular weight excluding hydrogens is 281 g/mol. The van der Waals surface area contributed by atoms with Gasteiger partial charge in [0.25, 0.3) is 0 Å². The van der Waals surface area contributed by atoms with Gasteiger partial charge in [0.1, 0.15) is 5.82 Å². The third-order valence-electron chi connectivity index (χ3n) is 3.54. The van der Waals surface area contributed by atoms with Crippen molar-refractivity contribution in [3.05, 3.63) is 51.4 Å². The van der Waals surface area contributed by atoms with Crippen LogP contribution in [0.1, 0.15) is 29.2 Å². The van der Waals surface area contributed by atoms with E-state index < -0.39 is 0 Å². The molecule has 1 aliphatic rings. The largest absolute Gasteiger partial charge is 0.373 e. The summed E-state index contributed by atoms with van der Waals surface area (Å²) in [7, 11) is 1.85. The lowest BCUT2D eigenvalue weighted by Gasteiger charge is -2.13. The molecule has 3 rings (SSSR count). The van der Waals surface area contributed by atoms with Crippen LogP contribution < -0.4 is 5.32 Å². The van der Waals surface area contributed by atoms with Crippen molar-refractivity contribution in [3.8, 4) is 0 Å². The Hall–Kier alpha value is -1.32. The highest BCUT2D eigenvalue weighted by Crippen LogP contribution is 2.41. The first kappa shape index (κ1) is 12.7. The van der Waals surface area contributed by atoms with Crippen molar-refractivity contribution in [2.45, 2.75) is 18.8 Å². The van der Waals surface area contributed by atoms with Crippen LogP contribution in [0.2, 0.25) is 10.3 Å². The van der Waals surface area contributed by atoms with Gasteiger partial charge in [-0.25, -0.2) is 9.97 Å². The molecule has 0 saturated carbocycles. The van der Waals surface area contributed by atoms with Crippen LogP contribution in [0.25, 0.3) is 0 Å². The topological polar surface area (TPSA) is 37.8 Å². The quantitative estimate of drug-likeness (QED) is 0.853. The highest BCUT2D eigenvalue weighted by Gasteiger charge is 2.30. The fourth-order valence-electron chi connectivity index (χ4n) is 2.70. The number of hydrogen-bond donors (Lipinski definition) is 1. The van der Waals surface area contributed by atoms with Gasteiger partial charge in [0.15, 0.2) is 0 Å². The highest BCUT2D eigenvalue weighted by atomic mass is 35.5. The predicted octanol–water partition coefficient (Wildman–Crippen LogP) is 3.90. The number of hydrogen-bond acceptors (Lipinski definition) is 3. The molecule has 1 heterocycles. The van der Waals surface area contributed by atoms with E-state index >= 15 is 0 Å². The minimum Gasteiger partial charge on any atom is -0.373 e. The van der Waals surface area contributed by atoms with Gasteiger partial charge < -0.3 is 5.32 Å². The lowest BCUT2D eigenvalue weighted by molar-refractivity contribution is 0.772. The van der Waals surface area contributed by atoms with E-state index in [2.05, 4.69) is 21.4 Å². The van der Waals surface area contributed by atoms with Crippen molar-refractivity contribution >= 4 is 29.0 Å². The van der Waals surface area contributed by atoms with Gasteiger partial charge >= 0.3 is 0 Å². The van der Waals surface area contributed by atoms with E-state index in [1.54, 1.807) is 0 Å². The molecule has 0 radical (unpaired) electrons. The first-order valence-electron chi connectivity index (χ1n) is 6.19. The van der Waals surface area contributed by atoms with Crippen molar-refractivity contribution in [1.82, 2.24) is 9.97 Å². The molecule has 0 spiro atoms. The average molecular weight is 294 g/mol. The summed E-state index contributed by atoms with van der Waals surface area (Å²) in [5.41, 5.74) is 3.26. The van der Waals surface area contributed by atoms with E-state index in [1.807, 2.05) is 25.2 Å². The summed E-state index contributed by atoms with van der Waals surface area (Å²) in [6.07, 6.45) is 1.93. The molecule has 1 aromatic heterocycles. The van der Waals surface area contributed by atoms with Crippen LogP contribution in [0.15, 0.2) is 24.3 Å². The molecule has 0 saturated heterocycles. The Bertz CT molecular complexity index is 628. The number of fused-ring (bicyclic) bond motifs is 1. The molecule has 0 aliphatic heterocycles. The molecule has 0 bridgehead atoms. The van der Waals surface area contributed by atoms with Crippen molar-refractivity contribution in [1.29, 1.82) is 0 Å². The fourth-order valence-corrected chi connectivity index (χ4v) is 3.14. The summed E-state index contributed by atoms with van der Waals surface area (Å²) in [5.74, 6) is 1.03. The molecular formula is C14H13Cl2N3. The average Bonchev–Trinajstić information content (AvgIpc) is 2.82. The minimum atomic E-state index is 0.205. The minimum absolute atomic E-state index is 0.205. The van der Waals surface area contributed by atoms with Crippen LogP contribution in [-0.2, 0) is 6.42 Å². The van der Waals surface area contributed by atoms with E-state index in [0.29, 0.717) is 0 Å². The molecule has 1 N–H and O–H groups in total. The Kier molecular flexibility index (Phi) is 3.33. The Morgan fingerprint density at radius 3 is 2.74 bits per heavy atom. The zero-order valence-corrected chi connectivity index (χ0v) is 12.0. The van der Waals surface area contributed by atoms with E-state index in [1.165, 1.54) is 0 Å².